The van der Waals surface area contributed by atoms with E-state index in [0.29, 0.717) is 22.9 Å². The largest absolute Gasteiger partial charge is 0.480 e. The molecule has 3 aromatic heterocycles. The van der Waals surface area contributed by atoms with E-state index in [1.807, 2.05) is 19.1 Å². The van der Waals surface area contributed by atoms with Crippen LogP contribution in [0.3, 0.4) is 0 Å². The summed E-state index contributed by atoms with van der Waals surface area (Å²) in [6.07, 6.45) is 5.84. The van der Waals surface area contributed by atoms with Gasteiger partial charge < -0.3 is 5.11 Å². The average molecular weight is 343 g/mol. The Kier molecular flexibility index (Phi) is 5.05. The zero-order valence-electron chi connectivity index (χ0n) is 13.2. The summed E-state index contributed by atoms with van der Waals surface area (Å²) in [5.41, 5.74) is 1.42. The molecular weight excluding hydrogens is 326 g/mol. The summed E-state index contributed by atoms with van der Waals surface area (Å²) in [4.78, 5) is 15.5. The Morgan fingerprint density at radius 3 is 2.92 bits per heavy atom. The molecule has 3 rings (SSSR count). The van der Waals surface area contributed by atoms with Crippen molar-refractivity contribution in [2.75, 3.05) is 0 Å². The molecule has 124 valence electrons. The Labute approximate surface area is 143 Å². The second-order valence-corrected chi connectivity index (χ2v) is 6.52. The lowest BCUT2D eigenvalue weighted by Crippen LogP contribution is -2.16. The summed E-state index contributed by atoms with van der Waals surface area (Å²) < 4.78 is 1.62. The minimum Gasteiger partial charge on any atom is -0.480 e. The number of thioether (sulfide) groups is 1. The van der Waals surface area contributed by atoms with Crippen LogP contribution in [0.5, 0.6) is 0 Å². The maximum absolute atomic E-state index is 11.4. The number of hydrogen-bond donors (Lipinski definition) is 1. The van der Waals surface area contributed by atoms with Gasteiger partial charge in [-0.15, -0.1) is 10.2 Å². The van der Waals surface area contributed by atoms with Gasteiger partial charge in [0.15, 0.2) is 11.5 Å². The smallest absolute Gasteiger partial charge is 0.317 e. The van der Waals surface area contributed by atoms with Crippen LogP contribution in [0.1, 0.15) is 26.2 Å². The van der Waals surface area contributed by atoms with E-state index in [2.05, 4.69) is 20.3 Å². The van der Waals surface area contributed by atoms with E-state index < -0.39 is 11.2 Å². The molecule has 1 unspecified atom stereocenters. The van der Waals surface area contributed by atoms with Crippen LogP contribution >= 0.6 is 11.8 Å². The normalized spacial score (nSPS) is 12.4. The van der Waals surface area contributed by atoms with Crippen LogP contribution in [0.25, 0.3) is 17.0 Å². The molecule has 0 radical (unpaired) electrons. The molecule has 0 spiro atoms. The van der Waals surface area contributed by atoms with E-state index in [4.69, 9.17) is 0 Å². The highest BCUT2D eigenvalue weighted by molar-refractivity contribution is 8.00. The van der Waals surface area contributed by atoms with Gasteiger partial charge >= 0.3 is 5.97 Å². The Hall–Kier alpha value is -2.48. The van der Waals surface area contributed by atoms with Gasteiger partial charge in [0, 0.05) is 18.0 Å². The first-order chi connectivity index (χ1) is 11.7. The standard InChI is InChI=1S/C16H17N5O2S/c1-2-3-6-12(16(22)23)24-14-8-7-13-18-19-15(21(13)20-14)11-5-4-9-17-10-11/h4-5,7-10,12H,2-3,6H2,1H3,(H,22,23). The number of fused-ring (bicyclic) bond motifs is 1. The van der Waals surface area contributed by atoms with Gasteiger partial charge in [0.1, 0.15) is 10.3 Å². The zero-order chi connectivity index (χ0) is 16.9. The highest BCUT2D eigenvalue weighted by Gasteiger charge is 2.20. The highest BCUT2D eigenvalue weighted by Crippen LogP contribution is 2.26. The van der Waals surface area contributed by atoms with Crippen LogP contribution in [-0.2, 0) is 4.79 Å². The molecule has 0 aliphatic heterocycles. The predicted octanol–water partition coefficient (Wildman–Crippen LogP) is 2.92. The van der Waals surface area contributed by atoms with Crippen LogP contribution in [0.4, 0.5) is 0 Å². The SMILES string of the molecule is CCCCC(Sc1ccc2nnc(-c3cccnc3)n2n1)C(=O)O. The molecule has 0 aromatic carbocycles. The van der Waals surface area contributed by atoms with Crippen molar-refractivity contribution < 1.29 is 9.90 Å². The molecule has 0 aliphatic rings. The summed E-state index contributed by atoms with van der Waals surface area (Å²) >= 11 is 1.26. The first-order valence-corrected chi connectivity index (χ1v) is 8.59. The summed E-state index contributed by atoms with van der Waals surface area (Å²) in [6, 6.07) is 7.27. The quantitative estimate of drug-likeness (QED) is 0.659. The van der Waals surface area contributed by atoms with E-state index in [1.165, 1.54) is 11.8 Å². The second kappa shape index (κ2) is 7.39. The maximum Gasteiger partial charge on any atom is 0.317 e. The number of aliphatic carboxylic acids is 1. The summed E-state index contributed by atoms with van der Waals surface area (Å²) in [5, 5.41) is 22.3. The van der Waals surface area contributed by atoms with E-state index in [9.17, 15) is 9.90 Å². The van der Waals surface area contributed by atoms with Gasteiger partial charge in [-0.2, -0.15) is 9.61 Å². The lowest BCUT2D eigenvalue weighted by atomic mass is 10.2. The summed E-state index contributed by atoms with van der Waals surface area (Å²) in [6.45, 7) is 2.05. The first-order valence-electron chi connectivity index (χ1n) is 7.71. The fraction of sp³-hybridized carbons (Fsp3) is 0.312. The fourth-order valence-corrected chi connectivity index (χ4v) is 3.23. The van der Waals surface area contributed by atoms with Crippen LogP contribution in [0.2, 0.25) is 0 Å². The first kappa shape index (κ1) is 16.4. The minimum atomic E-state index is -0.813. The molecule has 3 heterocycles. The second-order valence-electron chi connectivity index (χ2n) is 5.29. The number of pyridine rings is 1. The maximum atomic E-state index is 11.4. The van der Waals surface area contributed by atoms with Gasteiger partial charge in [-0.3, -0.25) is 9.78 Å². The van der Waals surface area contributed by atoms with E-state index in [0.717, 1.165) is 18.4 Å². The van der Waals surface area contributed by atoms with Crippen LogP contribution < -0.4 is 0 Å². The number of hydrogen-bond acceptors (Lipinski definition) is 6. The molecule has 0 saturated carbocycles. The van der Waals surface area contributed by atoms with Crippen LogP contribution in [0.15, 0.2) is 41.7 Å². The van der Waals surface area contributed by atoms with Gasteiger partial charge in [-0.05, 0) is 30.7 Å². The molecular formula is C16H17N5O2S. The predicted molar refractivity (Wildman–Crippen MR) is 90.8 cm³/mol. The molecule has 0 fully saturated rings. The lowest BCUT2D eigenvalue weighted by Gasteiger charge is -2.10. The van der Waals surface area contributed by atoms with E-state index in [1.54, 1.807) is 29.0 Å². The number of rotatable bonds is 7. The van der Waals surface area contributed by atoms with Gasteiger partial charge in [0.25, 0.3) is 0 Å². The number of carboxylic acid groups (broad SMARTS) is 1. The monoisotopic (exact) mass is 343 g/mol. The Bertz CT molecular complexity index is 837. The highest BCUT2D eigenvalue weighted by atomic mass is 32.2. The molecule has 8 heteroatoms. The van der Waals surface area contributed by atoms with Crippen molar-refractivity contribution in [3.05, 3.63) is 36.7 Å². The Balaban J connectivity index is 1.91. The average Bonchev–Trinajstić information content (AvgIpc) is 3.02. The summed E-state index contributed by atoms with van der Waals surface area (Å²) in [7, 11) is 0. The molecule has 0 amide bonds. The van der Waals surface area contributed by atoms with Gasteiger partial charge in [0.2, 0.25) is 0 Å². The molecule has 0 saturated heterocycles. The van der Waals surface area contributed by atoms with Crippen molar-refractivity contribution >= 4 is 23.4 Å². The Morgan fingerprint density at radius 2 is 2.21 bits per heavy atom. The van der Waals surface area contributed by atoms with Crippen LogP contribution in [-0.4, -0.2) is 41.1 Å². The molecule has 1 atom stereocenters. The number of unbranched alkanes of at least 4 members (excludes halogenated alkanes) is 1. The van der Waals surface area contributed by atoms with Crippen molar-refractivity contribution in [3.63, 3.8) is 0 Å². The molecule has 1 N–H and O–H groups in total. The zero-order valence-corrected chi connectivity index (χ0v) is 14.0. The number of carboxylic acids is 1. The van der Waals surface area contributed by atoms with E-state index in [-0.39, 0.29) is 0 Å². The van der Waals surface area contributed by atoms with Crippen molar-refractivity contribution in [2.24, 2.45) is 0 Å². The minimum absolute atomic E-state index is 0.506. The number of aromatic nitrogens is 5. The van der Waals surface area contributed by atoms with Crippen LogP contribution in [0, 0.1) is 0 Å². The molecule has 0 aliphatic carbocycles. The number of carbonyl (C=O) groups is 1. The Morgan fingerprint density at radius 1 is 1.33 bits per heavy atom. The molecule has 0 bridgehead atoms. The third-order valence-corrected chi connectivity index (χ3v) is 4.70. The third kappa shape index (κ3) is 3.53. The van der Waals surface area contributed by atoms with E-state index >= 15 is 0 Å². The molecule has 24 heavy (non-hydrogen) atoms. The van der Waals surface area contributed by atoms with Gasteiger partial charge in [0.05, 0.1) is 0 Å². The van der Waals surface area contributed by atoms with Crippen molar-refractivity contribution in [3.8, 4) is 11.4 Å². The summed E-state index contributed by atoms with van der Waals surface area (Å²) in [5.74, 6) is -0.229. The van der Waals surface area contributed by atoms with Gasteiger partial charge in [-0.25, -0.2) is 0 Å². The lowest BCUT2D eigenvalue weighted by molar-refractivity contribution is -0.136. The van der Waals surface area contributed by atoms with Crippen molar-refractivity contribution in [2.45, 2.75) is 36.5 Å². The topological polar surface area (TPSA) is 93.3 Å². The van der Waals surface area contributed by atoms with Gasteiger partial charge in [-0.1, -0.05) is 31.5 Å². The molecule has 3 aromatic rings. The third-order valence-electron chi connectivity index (χ3n) is 3.52. The number of nitrogens with zero attached hydrogens (tertiary/aromatic N) is 5. The van der Waals surface area contributed by atoms with Crippen molar-refractivity contribution in [1.29, 1.82) is 0 Å². The molecule has 7 nitrogen and oxygen atoms in total. The van der Waals surface area contributed by atoms with Crippen molar-refractivity contribution in [1.82, 2.24) is 24.8 Å². The fourth-order valence-electron chi connectivity index (χ4n) is 2.28.